The maximum Gasteiger partial charge on any atom is 0.216 e. The van der Waals surface area contributed by atoms with Crippen molar-refractivity contribution in [3.8, 4) is 17.0 Å². The average Bonchev–Trinajstić information content (AvgIpc) is 3.39. The fraction of sp³-hybridized carbons (Fsp3) is 0.385. The third-order valence-electron chi connectivity index (χ3n) is 5.80. The van der Waals surface area contributed by atoms with Crippen molar-refractivity contribution < 1.29 is 4.74 Å². The van der Waals surface area contributed by atoms with Crippen LogP contribution in [0, 0.1) is 0 Å². The van der Waals surface area contributed by atoms with E-state index in [1.54, 1.807) is 11.3 Å². The normalized spacial score (nSPS) is 15.1. The highest BCUT2D eigenvalue weighted by molar-refractivity contribution is 7.20. The molecule has 0 radical (unpaired) electrons. The van der Waals surface area contributed by atoms with Gasteiger partial charge < -0.3 is 15.0 Å². The van der Waals surface area contributed by atoms with Crippen molar-refractivity contribution in [1.82, 2.24) is 19.5 Å². The summed E-state index contributed by atoms with van der Waals surface area (Å²) in [5, 5.41) is 9.65. The first kappa shape index (κ1) is 22.7. The smallest absolute Gasteiger partial charge is 0.216 e. The van der Waals surface area contributed by atoms with Gasteiger partial charge in [-0.15, -0.1) is 5.10 Å². The molecule has 7 nitrogen and oxygen atoms in total. The van der Waals surface area contributed by atoms with Gasteiger partial charge in [0.25, 0.3) is 0 Å². The van der Waals surface area contributed by atoms with Crippen LogP contribution in [0.3, 0.4) is 0 Å². The Morgan fingerprint density at radius 3 is 2.29 bits per heavy atom. The molecule has 0 amide bonds. The predicted molar refractivity (Wildman–Crippen MR) is 140 cm³/mol. The molecule has 5 rings (SSSR count). The number of benzene rings is 2. The van der Waals surface area contributed by atoms with E-state index < -0.39 is 0 Å². The van der Waals surface area contributed by atoms with Crippen LogP contribution in [0.1, 0.15) is 20.8 Å². The van der Waals surface area contributed by atoms with Crippen molar-refractivity contribution in [2.75, 3.05) is 49.5 Å². The minimum absolute atomic E-state index is 0.100. The van der Waals surface area contributed by atoms with Gasteiger partial charge in [-0.05, 0) is 32.9 Å². The molecule has 178 valence electrons. The quantitative estimate of drug-likeness (QED) is 0.411. The number of imidazole rings is 1. The zero-order valence-corrected chi connectivity index (χ0v) is 20.9. The molecule has 4 aromatic rings. The molecule has 1 aliphatic heterocycles. The summed E-state index contributed by atoms with van der Waals surface area (Å²) < 4.78 is 7.85. The van der Waals surface area contributed by atoms with Crippen LogP contribution in [-0.4, -0.2) is 64.4 Å². The van der Waals surface area contributed by atoms with Crippen LogP contribution in [0.25, 0.3) is 16.2 Å². The molecule has 1 saturated heterocycles. The SMILES string of the molecule is CC(C)(C)Nc1c(-c2ccccc2)nc2sc(N3CCN(CCOc4ccccc4)CC3)nn12. The van der Waals surface area contributed by atoms with Gasteiger partial charge in [0.2, 0.25) is 10.1 Å². The maximum atomic E-state index is 5.87. The van der Waals surface area contributed by atoms with Crippen molar-refractivity contribution in [3.63, 3.8) is 0 Å². The van der Waals surface area contributed by atoms with Gasteiger partial charge in [-0.3, -0.25) is 4.90 Å². The zero-order valence-electron chi connectivity index (χ0n) is 20.1. The van der Waals surface area contributed by atoms with Gasteiger partial charge in [0.05, 0.1) is 0 Å². The summed E-state index contributed by atoms with van der Waals surface area (Å²) in [5.41, 5.74) is 1.94. The van der Waals surface area contributed by atoms with E-state index in [0.717, 1.165) is 65.6 Å². The van der Waals surface area contributed by atoms with E-state index in [2.05, 4.69) is 48.0 Å². The van der Waals surface area contributed by atoms with Gasteiger partial charge in [-0.1, -0.05) is 59.9 Å². The van der Waals surface area contributed by atoms with Gasteiger partial charge >= 0.3 is 0 Å². The number of hydrogen-bond donors (Lipinski definition) is 1. The van der Waals surface area contributed by atoms with Crippen LogP contribution in [0.4, 0.5) is 10.9 Å². The van der Waals surface area contributed by atoms with Crippen LogP contribution >= 0.6 is 11.3 Å². The van der Waals surface area contributed by atoms with Crippen LogP contribution < -0.4 is 15.0 Å². The number of rotatable bonds is 7. The van der Waals surface area contributed by atoms with Crippen molar-refractivity contribution in [2.45, 2.75) is 26.3 Å². The third-order valence-corrected chi connectivity index (χ3v) is 6.76. The Bertz CT molecular complexity index is 1210. The van der Waals surface area contributed by atoms with Gasteiger partial charge in [-0.25, -0.2) is 4.98 Å². The topological polar surface area (TPSA) is 57.9 Å². The highest BCUT2D eigenvalue weighted by atomic mass is 32.1. The van der Waals surface area contributed by atoms with Crippen LogP contribution in [0.2, 0.25) is 0 Å². The van der Waals surface area contributed by atoms with E-state index in [0.29, 0.717) is 6.61 Å². The monoisotopic (exact) mass is 476 g/mol. The Hall–Kier alpha value is -3.10. The number of nitrogens with one attached hydrogen (secondary N) is 1. The van der Waals surface area contributed by atoms with Crippen molar-refractivity contribution in [3.05, 3.63) is 60.7 Å². The summed E-state index contributed by atoms with van der Waals surface area (Å²) in [6.07, 6.45) is 0. The van der Waals surface area contributed by atoms with Gasteiger partial charge in [0.1, 0.15) is 18.1 Å². The lowest BCUT2D eigenvalue weighted by Crippen LogP contribution is -2.47. The first-order valence-electron chi connectivity index (χ1n) is 11.8. The number of aromatic nitrogens is 3. The van der Waals surface area contributed by atoms with E-state index in [1.807, 2.05) is 53.0 Å². The largest absolute Gasteiger partial charge is 0.492 e. The molecule has 0 saturated carbocycles. The number of nitrogens with zero attached hydrogens (tertiary/aromatic N) is 5. The molecule has 0 aliphatic carbocycles. The van der Waals surface area contributed by atoms with Crippen LogP contribution in [-0.2, 0) is 0 Å². The molecular weight excluding hydrogens is 444 g/mol. The summed E-state index contributed by atoms with van der Waals surface area (Å²) in [4.78, 5) is 10.7. The first-order valence-corrected chi connectivity index (χ1v) is 12.7. The predicted octanol–water partition coefficient (Wildman–Crippen LogP) is 4.87. The van der Waals surface area contributed by atoms with Gasteiger partial charge in [0, 0.05) is 43.8 Å². The molecule has 1 fully saturated rings. The van der Waals surface area contributed by atoms with E-state index >= 15 is 0 Å². The summed E-state index contributed by atoms with van der Waals surface area (Å²) in [7, 11) is 0. The minimum Gasteiger partial charge on any atom is -0.492 e. The number of anilines is 2. The van der Waals surface area contributed by atoms with E-state index in [-0.39, 0.29) is 5.54 Å². The standard InChI is InChI=1S/C26H32N6OS/c1-26(2,3)28-23-22(20-10-6-4-7-11-20)27-24-32(23)29-25(34-24)31-16-14-30(15-17-31)18-19-33-21-12-8-5-9-13-21/h4-13,28H,14-19H2,1-3H3. The Kier molecular flexibility index (Phi) is 6.43. The maximum absolute atomic E-state index is 5.87. The molecule has 8 heteroatoms. The molecule has 0 bridgehead atoms. The second kappa shape index (κ2) is 9.64. The molecule has 1 N–H and O–H groups in total. The third kappa shape index (κ3) is 5.18. The van der Waals surface area contributed by atoms with Gasteiger partial charge in [-0.2, -0.15) is 4.52 Å². The lowest BCUT2D eigenvalue weighted by Gasteiger charge is -2.34. The Morgan fingerprint density at radius 2 is 1.62 bits per heavy atom. The number of fused-ring (bicyclic) bond motifs is 1. The minimum atomic E-state index is -0.100. The molecular formula is C26H32N6OS. The fourth-order valence-electron chi connectivity index (χ4n) is 4.10. The number of piperazine rings is 1. The summed E-state index contributed by atoms with van der Waals surface area (Å²) >= 11 is 1.66. The summed E-state index contributed by atoms with van der Waals surface area (Å²) in [5.74, 6) is 1.88. The van der Waals surface area contributed by atoms with Crippen molar-refractivity contribution >= 4 is 27.2 Å². The summed E-state index contributed by atoms with van der Waals surface area (Å²) in [6, 6.07) is 20.3. The fourth-order valence-corrected chi connectivity index (χ4v) is 5.06. The van der Waals surface area contributed by atoms with Crippen molar-refractivity contribution in [2.24, 2.45) is 0 Å². The molecule has 1 aliphatic rings. The zero-order chi connectivity index (χ0) is 23.5. The Balaban J connectivity index is 1.27. The van der Waals surface area contributed by atoms with Gasteiger partial charge in [0.15, 0.2) is 5.82 Å². The highest BCUT2D eigenvalue weighted by Crippen LogP contribution is 2.34. The lowest BCUT2D eigenvalue weighted by molar-refractivity contribution is 0.200. The lowest BCUT2D eigenvalue weighted by atomic mass is 10.1. The van der Waals surface area contributed by atoms with Crippen LogP contribution in [0.15, 0.2) is 60.7 Å². The molecule has 2 aromatic heterocycles. The number of para-hydroxylation sites is 1. The van der Waals surface area contributed by atoms with E-state index in [1.165, 1.54) is 0 Å². The van der Waals surface area contributed by atoms with Crippen molar-refractivity contribution in [1.29, 1.82) is 0 Å². The molecule has 0 spiro atoms. The average molecular weight is 477 g/mol. The molecule has 3 heterocycles. The summed E-state index contributed by atoms with van der Waals surface area (Å²) in [6.45, 7) is 12.0. The molecule has 34 heavy (non-hydrogen) atoms. The van der Waals surface area contributed by atoms with Crippen LogP contribution in [0.5, 0.6) is 5.75 Å². The number of ether oxygens (including phenoxy) is 1. The highest BCUT2D eigenvalue weighted by Gasteiger charge is 2.25. The molecule has 0 atom stereocenters. The molecule has 0 unspecified atom stereocenters. The second-order valence-electron chi connectivity index (χ2n) is 9.62. The number of hydrogen-bond acceptors (Lipinski definition) is 7. The Morgan fingerprint density at radius 1 is 0.941 bits per heavy atom. The van der Waals surface area contributed by atoms with E-state index in [9.17, 15) is 0 Å². The molecule has 2 aromatic carbocycles. The Labute approximate surface area is 205 Å². The van der Waals surface area contributed by atoms with E-state index in [4.69, 9.17) is 14.8 Å². The first-order chi connectivity index (χ1) is 16.5. The second-order valence-corrected chi connectivity index (χ2v) is 10.6.